The highest BCUT2D eigenvalue weighted by atomic mass is 19.4. The number of carbonyl (C=O) groups is 1. The number of aryl methyl sites for hydroxylation is 1. The van der Waals surface area contributed by atoms with Gasteiger partial charge in [-0.2, -0.15) is 23.5 Å². The SMILES string of the molecule is Cc1cc(NC(=O)C(C)(O)Cn2ccc(C(F)(F)F)n2)ccc1C#N. The minimum absolute atomic E-state index is 0.359. The summed E-state index contributed by atoms with van der Waals surface area (Å²) in [4.78, 5) is 12.2. The number of hydrogen-bond acceptors (Lipinski definition) is 4. The van der Waals surface area contributed by atoms with Gasteiger partial charge < -0.3 is 10.4 Å². The Hall–Kier alpha value is -2.86. The second kappa shape index (κ2) is 6.57. The van der Waals surface area contributed by atoms with Crippen molar-refractivity contribution in [3.05, 3.63) is 47.3 Å². The summed E-state index contributed by atoms with van der Waals surface area (Å²) in [6.45, 7) is 2.41. The van der Waals surface area contributed by atoms with Crippen LogP contribution in [0.1, 0.15) is 23.7 Å². The van der Waals surface area contributed by atoms with Crippen molar-refractivity contribution in [2.75, 3.05) is 5.32 Å². The topological polar surface area (TPSA) is 90.9 Å². The average Bonchev–Trinajstić information content (AvgIpc) is 2.95. The van der Waals surface area contributed by atoms with Gasteiger partial charge in [-0.05, 0) is 43.7 Å². The van der Waals surface area contributed by atoms with Gasteiger partial charge in [0, 0.05) is 11.9 Å². The van der Waals surface area contributed by atoms with Gasteiger partial charge in [0.2, 0.25) is 0 Å². The Morgan fingerprint density at radius 1 is 1.40 bits per heavy atom. The zero-order valence-corrected chi connectivity index (χ0v) is 13.4. The summed E-state index contributed by atoms with van der Waals surface area (Å²) in [6.07, 6.45) is -3.56. The lowest BCUT2D eigenvalue weighted by Crippen LogP contribution is -2.43. The number of rotatable bonds is 4. The maximum absolute atomic E-state index is 12.5. The number of amides is 1. The number of nitrogens with one attached hydrogen (secondary N) is 1. The van der Waals surface area contributed by atoms with Crippen LogP contribution in [0, 0.1) is 18.3 Å². The standard InChI is InChI=1S/C16H15F3N4O2/c1-10-7-12(4-3-11(10)8-20)21-14(24)15(2,25)9-23-6-5-13(22-23)16(17,18)19/h3-7,25H,9H2,1-2H3,(H,21,24). The Kier molecular flexibility index (Phi) is 4.85. The molecule has 1 amide bonds. The van der Waals surface area contributed by atoms with Crippen LogP contribution in [0.5, 0.6) is 0 Å². The Morgan fingerprint density at radius 3 is 2.60 bits per heavy atom. The Bertz CT molecular complexity index is 835. The highest BCUT2D eigenvalue weighted by molar-refractivity contribution is 5.96. The fourth-order valence-electron chi connectivity index (χ4n) is 2.12. The van der Waals surface area contributed by atoms with Gasteiger partial charge in [0.1, 0.15) is 0 Å². The number of anilines is 1. The first kappa shape index (κ1) is 18.5. The zero-order chi connectivity index (χ0) is 18.8. The molecule has 0 aliphatic carbocycles. The van der Waals surface area contributed by atoms with Crippen molar-refractivity contribution < 1.29 is 23.1 Å². The van der Waals surface area contributed by atoms with Crippen LogP contribution >= 0.6 is 0 Å². The van der Waals surface area contributed by atoms with Crippen LogP contribution in [0.2, 0.25) is 0 Å². The Balaban J connectivity index is 2.11. The third-order valence-corrected chi connectivity index (χ3v) is 3.49. The van der Waals surface area contributed by atoms with Crippen molar-refractivity contribution in [3.63, 3.8) is 0 Å². The van der Waals surface area contributed by atoms with E-state index in [-0.39, 0.29) is 0 Å². The molecule has 0 saturated carbocycles. The van der Waals surface area contributed by atoms with Gasteiger partial charge in [0.25, 0.3) is 5.91 Å². The molecule has 0 aliphatic rings. The number of alkyl halides is 3. The van der Waals surface area contributed by atoms with E-state index >= 15 is 0 Å². The minimum atomic E-state index is -4.60. The molecule has 6 nitrogen and oxygen atoms in total. The molecule has 1 atom stereocenters. The first-order chi connectivity index (χ1) is 11.5. The van der Waals surface area contributed by atoms with Gasteiger partial charge in [0.15, 0.2) is 11.3 Å². The smallest absolute Gasteiger partial charge is 0.378 e. The monoisotopic (exact) mass is 352 g/mol. The van der Waals surface area contributed by atoms with E-state index in [1.54, 1.807) is 13.0 Å². The number of nitriles is 1. The summed E-state index contributed by atoms with van der Waals surface area (Å²) in [5, 5.41) is 24.9. The Labute approximate surface area is 141 Å². The maximum Gasteiger partial charge on any atom is 0.435 e. The number of hydrogen-bond donors (Lipinski definition) is 2. The highest BCUT2D eigenvalue weighted by Crippen LogP contribution is 2.27. The summed E-state index contributed by atoms with van der Waals surface area (Å²) in [6, 6.07) is 7.32. The molecule has 0 fully saturated rings. The second-order valence-electron chi connectivity index (χ2n) is 5.77. The van der Waals surface area contributed by atoms with Crippen LogP contribution in [-0.2, 0) is 17.5 Å². The second-order valence-corrected chi connectivity index (χ2v) is 5.77. The van der Waals surface area contributed by atoms with Crippen molar-refractivity contribution in [3.8, 4) is 6.07 Å². The molecule has 1 aromatic carbocycles. The molecule has 0 radical (unpaired) electrons. The third kappa shape index (κ3) is 4.36. The van der Waals surface area contributed by atoms with E-state index in [4.69, 9.17) is 5.26 Å². The van der Waals surface area contributed by atoms with Crippen LogP contribution in [0.4, 0.5) is 18.9 Å². The van der Waals surface area contributed by atoms with Gasteiger partial charge in [-0.25, -0.2) is 0 Å². The van der Waals surface area contributed by atoms with Crippen molar-refractivity contribution in [2.24, 2.45) is 0 Å². The molecule has 1 heterocycles. The number of benzene rings is 1. The molecule has 132 valence electrons. The van der Waals surface area contributed by atoms with E-state index in [0.717, 1.165) is 16.9 Å². The predicted molar refractivity (Wildman–Crippen MR) is 82.4 cm³/mol. The lowest BCUT2D eigenvalue weighted by molar-refractivity contribution is -0.141. The van der Waals surface area contributed by atoms with Crippen LogP contribution < -0.4 is 5.32 Å². The molecule has 1 unspecified atom stereocenters. The summed E-state index contributed by atoms with van der Waals surface area (Å²) < 4.78 is 38.5. The van der Waals surface area contributed by atoms with Crippen molar-refractivity contribution in [2.45, 2.75) is 32.2 Å². The Morgan fingerprint density at radius 2 is 2.08 bits per heavy atom. The molecule has 0 aliphatic heterocycles. The number of carbonyl (C=O) groups excluding carboxylic acids is 1. The highest BCUT2D eigenvalue weighted by Gasteiger charge is 2.35. The van der Waals surface area contributed by atoms with Crippen LogP contribution in [0.25, 0.3) is 0 Å². The maximum atomic E-state index is 12.5. The largest absolute Gasteiger partial charge is 0.435 e. The van der Waals surface area contributed by atoms with Crippen LogP contribution in [0.15, 0.2) is 30.5 Å². The first-order valence-corrected chi connectivity index (χ1v) is 7.18. The van der Waals surface area contributed by atoms with E-state index in [2.05, 4.69) is 10.4 Å². The van der Waals surface area contributed by atoms with E-state index in [9.17, 15) is 23.1 Å². The molecular weight excluding hydrogens is 337 g/mol. The van der Waals surface area contributed by atoms with Crippen LogP contribution in [-0.4, -0.2) is 26.4 Å². The molecule has 9 heteroatoms. The van der Waals surface area contributed by atoms with Gasteiger partial charge in [0.05, 0.1) is 18.2 Å². The summed E-state index contributed by atoms with van der Waals surface area (Å²) >= 11 is 0. The molecular formula is C16H15F3N4O2. The fourth-order valence-corrected chi connectivity index (χ4v) is 2.12. The number of nitrogens with zero attached hydrogens (tertiary/aromatic N) is 3. The summed E-state index contributed by atoms with van der Waals surface area (Å²) in [5.74, 6) is -0.805. The third-order valence-electron chi connectivity index (χ3n) is 3.49. The lowest BCUT2D eigenvalue weighted by Gasteiger charge is -2.22. The molecule has 0 bridgehead atoms. The molecule has 0 saturated heterocycles. The van der Waals surface area contributed by atoms with Gasteiger partial charge in [-0.1, -0.05) is 0 Å². The van der Waals surface area contributed by atoms with E-state index in [1.807, 2.05) is 6.07 Å². The average molecular weight is 352 g/mol. The van der Waals surface area contributed by atoms with Gasteiger partial charge >= 0.3 is 6.18 Å². The predicted octanol–water partition coefficient (Wildman–Crippen LogP) is 2.47. The number of aliphatic hydroxyl groups is 1. The number of halogens is 3. The van der Waals surface area contributed by atoms with E-state index < -0.39 is 29.9 Å². The van der Waals surface area contributed by atoms with Gasteiger partial charge in [-0.3, -0.25) is 9.48 Å². The molecule has 1 aromatic heterocycles. The van der Waals surface area contributed by atoms with Crippen LogP contribution in [0.3, 0.4) is 0 Å². The molecule has 0 spiro atoms. The summed E-state index contributed by atoms with van der Waals surface area (Å²) in [7, 11) is 0. The van der Waals surface area contributed by atoms with Crippen molar-refractivity contribution in [1.29, 1.82) is 5.26 Å². The van der Waals surface area contributed by atoms with E-state index in [1.165, 1.54) is 19.1 Å². The first-order valence-electron chi connectivity index (χ1n) is 7.18. The number of aromatic nitrogens is 2. The summed E-state index contributed by atoms with van der Waals surface area (Å²) in [5.41, 5.74) is -1.65. The quantitative estimate of drug-likeness (QED) is 0.884. The normalized spacial score (nSPS) is 13.8. The molecule has 2 aromatic rings. The van der Waals surface area contributed by atoms with Crippen molar-refractivity contribution >= 4 is 11.6 Å². The molecule has 2 N–H and O–H groups in total. The van der Waals surface area contributed by atoms with E-state index in [0.29, 0.717) is 16.8 Å². The van der Waals surface area contributed by atoms with Crippen molar-refractivity contribution in [1.82, 2.24) is 9.78 Å². The fraction of sp³-hybridized carbons (Fsp3) is 0.312. The molecule has 2 rings (SSSR count). The van der Waals surface area contributed by atoms with Gasteiger partial charge in [-0.15, -0.1) is 0 Å². The molecule has 25 heavy (non-hydrogen) atoms. The zero-order valence-electron chi connectivity index (χ0n) is 13.4. The lowest BCUT2D eigenvalue weighted by atomic mass is 10.1. The minimum Gasteiger partial charge on any atom is -0.378 e.